The monoisotopic (exact) mass is 487 g/mol. The fourth-order valence-corrected chi connectivity index (χ4v) is 6.76. The normalized spacial score (nSPS) is 12.3. The Morgan fingerprint density at radius 2 is 1.79 bits per heavy atom. The summed E-state index contributed by atoms with van der Waals surface area (Å²) in [6, 6.07) is 24.0. The number of aliphatic hydroxyl groups is 1. The molecule has 0 fully saturated rings. The standard InChI is InChI=1S/C28H25NO3S2/c1-3-32-27(31)22-21-16-18(2)14-15-29(21)24-23(22)26(25(30)20-12-8-5-9-13-20)34-28(24)33-17-19-10-6-4-7-11-19/h4-16,25,30H,3,17H2,1-2H3. The molecule has 0 saturated carbocycles. The second kappa shape index (κ2) is 9.66. The van der Waals surface area contributed by atoms with E-state index in [2.05, 4.69) is 16.5 Å². The number of benzene rings is 2. The van der Waals surface area contributed by atoms with E-state index < -0.39 is 6.10 Å². The number of carbonyl (C=O) groups is 1. The molecule has 6 heteroatoms. The lowest BCUT2D eigenvalue weighted by Crippen LogP contribution is -2.06. The second-order valence-electron chi connectivity index (χ2n) is 8.12. The second-order valence-corrected chi connectivity index (χ2v) is 10.4. The van der Waals surface area contributed by atoms with Gasteiger partial charge < -0.3 is 14.2 Å². The Labute approximate surface area is 206 Å². The van der Waals surface area contributed by atoms with Crippen LogP contribution in [-0.2, 0) is 10.5 Å². The van der Waals surface area contributed by atoms with E-state index in [0.717, 1.165) is 42.4 Å². The molecule has 0 aliphatic rings. The summed E-state index contributed by atoms with van der Waals surface area (Å²) in [5.41, 5.74) is 5.36. The molecule has 4 nitrogen and oxygen atoms in total. The maximum absolute atomic E-state index is 13.2. The van der Waals surface area contributed by atoms with E-state index in [1.807, 2.05) is 80.7 Å². The van der Waals surface area contributed by atoms with E-state index in [9.17, 15) is 9.90 Å². The molecule has 0 amide bonds. The number of rotatable bonds is 7. The van der Waals surface area contributed by atoms with Crippen molar-refractivity contribution in [2.75, 3.05) is 6.61 Å². The predicted octanol–water partition coefficient (Wildman–Crippen LogP) is 7.01. The Hall–Kier alpha value is -3.06. The van der Waals surface area contributed by atoms with Gasteiger partial charge in [0.15, 0.2) is 0 Å². The first-order valence-corrected chi connectivity index (χ1v) is 13.0. The number of carbonyl (C=O) groups excluding carboxylic acids is 1. The Kier molecular flexibility index (Phi) is 6.46. The molecule has 2 aromatic carbocycles. The number of fused-ring (bicyclic) bond motifs is 3. The minimum absolute atomic E-state index is 0.291. The predicted molar refractivity (Wildman–Crippen MR) is 140 cm³/mol. The van der Waals surface area contributed by atoms with Gasteiger partial charge in [-0.1, -0.05) is 60.7 Å². The van der Waals surface area contributed by atoms with Crippen LogP contribution in [-0.4, -0.2) is 22.1 Å². The Morgan fingerprint density at radius 3 is 2.50 bits per heavy atom. The first-order valence-electron chi connectivity index (χ1n) is 11.2. The average Bonchev–Trinajstić information content (AvgIpc) is 3.38. The topological polar surface area (TPSA) is 50.9 Å². The summed E-state index contributed by atoms with van der Waals surface area (Å²) in [4.78, 5) is 14.0. The molecule has 5 aromatic rings. The van der Waals surface area contributed by atoms with E-state index >= 15 is 0 Å². The fourth-order valence-electron chi connectivity index (χ4n) is 4.21. The van der Waals surface area contributed by atoms with Crippen LogP contribution in [0.1, 0.15) is 45.0 Å². The van der Waals surface area contributed by atoms with Crippen LogP contribution < -0.4 is 0 Å². The molecule has 0 aliphatic heterocycles. The Morgan fingerprint density at radius 1 is 1.09 bits per heavy atom. The van der Waals surface area contributed by atoms with Crippen molar-refractivity contribution in [2.24, 2.45) is 0 Å². The highest BCUT2D eigenvalue weighted by Crippen LogP contribution is 2.47. The van der Waals surface area contributed by atoms with Crippen LogP contribution in [0.25, 0.3) is 16.4 Å². The molecule has 3 aromatic heterocycles. The molecule has 0 aliphatic carbocycles. The maximum Gasteiger partial charge on any atom is 0.341 e. The van der Waals surface area contributed by atoms with E-state index in [1.165, 1.54) is 5.56 Å². The smallest absolute Gasteiger partial charge is 0.341 e. The van der Waals surface area contributed by atoms with E-state index in [1.54, 1.807) is 23.1 Å². The summed E-state index contributed by atoms with van der Waals surface area (Å²) in [6.07, 6.45) is 1.17. The summed E-state index contributed by atoms with van der Waals surface area (Å²) < 4.78 is 8.62. The Balaban J connectivity index is 1.75. The zero-order valence-corrected chi connectivity index (χ0v) is 20.7. The van der Waals surface area contributed by atoms with E-state index in [4.69, 9.17) is 4.74 Å². The van der Waals surface area contributed by atoms with E-state index in [-0.39, 0.29) is 5.97 Å². The van der Waals surface area contributed by atoms with Gasteiger partial charge in [-0.15, -0.1) is 23.1 Å². The quantitative estimate of drug-likeness (QED) is 0.198. The van der Waals surface area contributed by atoms with Crippen LogP contribution in [0.3, 0.4) is 0 Å². The van der Waals surface area contributed by atoms with Gasteiger partial charge in [0.2, 0.25) is 0 Å². The van der Waals surface area contributed by atoms with Crippen molar-refractivity contribution in [3.8, 4) is 0 Å². The summed E-state index contributed by atoms with van der Waals surface area (Å²) in [5.74, 6) is 0.435. The molecule has 1 unspecified atom stereocenters. The van der Waals surface area contributed by atoms with E-state index in [0.29, 0.717) is 12.2 Å². The van der Waals surface area contributed by atoms with Crippen LogP contribution in [0.5, 0.6) is 0 Å². The molecule has 1 atom stereocenters. The van der Waals surface area contributed by atoms with Crippen molar-refractivity contribution < 1.29 is 14.6 Å². The van der Waals surface area contributed by atoms with Gasteiger partial charge in [0.25, 0.3) is 0 Å². The summed E-state index contributed by atoms with van der Waals surface area (Å²) in [7, 11) is 0. The molecule has 1 N–H and O–H groups in total. The first-order chi connectivity index (χ1) is 16.6. The van der Waals surface area contributed by atoms with Gasteiger partial charge in [-0.05, 0) is 42.7 Å². The van der Waals surface area contributed by atoms with Crippen molar-refractivity contribution in [1.29, 1.82) is 0 Å². The SMILES string of the molecule is CCOC(=O)c1c2c(C(O)c3ccccc3)sc(SCc3ccccc3)c2n2ccc(C)cc12. The number of aromatic nitrogens is 1. The molecule has 0 saturated heterocycles. The lowest BCUT2D eigenvalue weighted by molar-refractivity contribution is 0.0531. The van der Waals surface area contributed by atoms with Gasteiger partial charge in [-0.2, -0.15) is 0 Å². The average molecular weight is 488 g/mol. The highest BCUT2D eigenvalue weighted by molar-refractivity contribution is 8.00. The van der Waals surface area contributed by atoms with Gasteiger partial charge >= 0.3 is 5.97 Å². The highest BCUT2D eigenvalue weighted by Gasteiger charge is 2.29. The summed E-state index contributed by atoms with van der Waals surface area (Å²) in [6.45, 7) is 4.12. The van der Waals surface area contributed by atoms with Gasteiger partial charge in [0, 0.05) is 22.2 Å². The number of hydrogen-bond acceptors (Lipinski definition) is 5. The minimum Gasteiger partial charge on any atom is -0.462 e. The number of aryl methyl sites for hydroxylation is 1. The summed E-state index contributed by atoms with van der Waals surface area (Å²) >= 11 is 3.28. The number of thioether (sulfide) groups is 1. The third-order valence-corrected chi connectivity index (χ3v) is 8.36. The molecular weight excluding hydrogens is 462 g/mol. The third-order valence-electron chi connectivity index (χ3n) is 5.79. The molecule has 0 bridgehead atoms. The van der Waals surface area contributed by atoms with Crippen LogP contribution >= 0.6 is 23.1 Å². The van der Waals surface area contributed by atoms with Gasteiger partial charge in [-0.3, -0.25) is 0 Å². The number of esters is 1. The van der Waals surface area contributed by atoms with Crippen molar-refractivity contribution in [1.82, 2.24) is 4.40 Å². The number of pyridine rings is 1. The highest BCUT2D eigenvalue weighted by atomic mass is 32.2. The molecule has 34 heavy (non-hydrogen) atoms. The molecule has 0 radical (unpaired) electrons. The number of hydrogen-bond donors (Lipinski definition) is 1. The van der Waals surface area contributed by atoms with Gasteiger partial charge in [-0.25, -0.2) is 4.79 Å². The number of aliphatic hydroxyl groups excluding tert-OH is 1. The number of nitrogens with zero attached hydrogens (tertiary/aromatic N) is 1. The lowest BCUT2D eigenvalue weighted by Gasteiger charge is -2.10. The van der Waals surface area contributed by atoms with Crippen LogP contribution in [0, 0.1) is 6.92 Å². The maximum atomic E-state index is 13.2. The number of thiophene rings is 1. The fraction of sp³-hybridized carbons (Fsp3) is 0.179. The number of ether oxygens (including phenoxy) is 1. The first kappa shape index (κ1) is 22.7. The molecule has 3 heterocycles. The van der Waals surface area contributed by atoms with Crippen LogP contribution in [0.4, 0.5) is 0 Å². The summed E-state index contributed by atoms with van der Waals surface area (Å²) in [5, 5.41) is 12.2. The minimum atomic E-state index is -0.841. The van der Waals surface area contributed by atoms with Gasteiger partial charge in [0.05, 0.1) is 27.4 Å². The largest absolute Gasteiger partial charge is 0.462 e. The van der Waals surface area contributed by atoms with Crippen molar-refractivity contribution in [2.45, 2.75) is 29.9 Å². The third kappa shape index (κ3) is 4.13. The molecular formula is C28H25NO3S2. The van der Waals surface area contributed by atoms with Crippen LogP contribution in [0.2, 0.25) is 0 Å². The van der Waals surface area contributed by atoms with Crippen molar-refractivity contribution >= 4 is 45.5 Å². The van der Waals surface area contributed by atoms with Crippen LogP contribution in [0.15, 0.2) is 83.2 Å². The lowest BCUT2D eigenvalue weighted by atomic mass is 10.0. The zero-order chi connectivity index (χ0) is 23.7. The molecule has 172 valence electrons. The zero-order valence-electron chi connectivity index (χ0n) is 19.0. The van der Waals surface area contributed by atoms with Crippen molar-refractivity contribution in [3.63, 3.8) is 0 Å². The Bertz CT molecular complexity index is 1460. The van der Waals surface area contributed by atoms with Crippen molar-refractivity contribution in [3.05, 3.63) is 106 Å². The molecule has 5 rings (SSSR count). The van der Waals surface area contributed by atoms with Gasteiger partial charge in [0.1, 0.15) is 6.10 Å². The molecule has 0 spiro atoms.